The molecule has 0 bridgehead atoms. The van der Waals surface area contributed by atoms with Gasteiger partial charge in [-0.3, -0.25) is 4.79 Å². The van der Waals surface area contributed by atoms with Gasteiger partial charge >= 0.3 is 6.09 Å². The summed E-state index contributed by atoms with van der Waals surface area (Å²) in [6, 6.07) is 16.6. The minimum atomic E-state index is -0.508. The highest BCUT2D eigenvalue weighted by Crippen LogP contribution is 2.29. The minimum Gasteiger partial charge on any atom is -0.444 e. The first-order chi connectivity index (χ1) is 15.8. The SMILES string of the molecule is CC(C)(C)OC(=O)NCc1cccc(C2CCN(C(=O)Cc3ccc4cc[nH]c4c3)CC2)c1. The standard InChI is InChI=1S/C27H33N3O3/c1-27(2,3)33-26(32)29-18-20-5-4-6-23(15-20)21-10-13-30(14-11-21)25(31)17-19-7-8-22-9-12-28-24(22)16-19/h4-9,12,15-16,21,28H,10-11,13-14,17-18H2,1-3H3,(H,29,32). The van der Waals surface area contributed by atoms with Crippen LogP contribution in [-0.4, -0.2) is 40.6 Å². The Kier molecular flexibility index (Phi) is 6.72. The molecule has 2 heterocycles. The van der Waals surface area contributed by atoms with Crippen LogP contribution >= 0.6 is 0 Å². The van der Waals surface area contributed by atoms with E-state index in [-0.39, 0.29) is 5.91 Å². The van der Waals surface area contributed by atoms with E-state index in [4.69, 9.17) is 4.74 Å². The van der Waals surface area contributed by atoms with Crippen LogP contribution in [0.1, 0.15) is 56.2 Å². The number of aromatic nitrogens is 1. The lowest BCUT2D eigenvalue weighted by atomic mass is 9.88. The van der Waals surface area contributed by atoms with Gasteiger partial charge in [0.2, 0.25) is 5.91 Å². The molecule has 0 radical (unpaired) electrons. The van der Waals surface area contributed by atoms with E-state index >= 15 is 0 Å². The van der Waals surface area contributed by atoms with Crippen LogP contribution in [-0.2, 0) is 22.5 Å². The van der Waals surface area contributed by atoms with Gasteiger partial charge in [-0.05, 0) is 73.7 Å². The van der Waals surface area contributed by atoms with Crippen LogP contribution in [0.3, 0.4) is 0 Å². The van der Waals surface area contributed by atoms with Gasteiger partial charge in [-0.1, -0.05) is 36.4 Å². The molecule has 6 heteroatoms. The van der Waals surface area contributed by atoms with Crippen LogP contribution in [0.15, 0.2) is 54.7 Å². The maximum absolute atomic E-state index is 12.9. The lowest BCUT2D eigenvalue weighted by Crippen LogP contribution is -2.38. The summed E-state index contributed by atoms with van der Waals surface area (Å²) in [4.78, 5) is 30.0. The predicted octanol–water partition coefficient (Wildman–Crippen LogP) is 5.14. The Labute approximate surface area is 195 Å². The summed E-state index contributed by atoms with van der Waals surface area (Å²) in [5.41, 5.74) is 3.92. The third-order valence-corrected chi connectivity index (χ3v) is 6.08. The molecule has 1 aliphatic heterocycles. The molecule has 2 amide bonds. The van der Waals surface area contributed by atoms with E-state index < -0.39 is 11.7 Å². The maximum atomic E-state index is 12.9. The summed E-state index contributed by atoms with van der Waals surface area (Å²) in [6.45, 7) is 7.54. The number of nitrogens with zero attached hydrogens (tertiary/aromatic N) is 1. The first-order valence-electron chi connectivity index (χ1n) is 11.7. The number of piperidine rings is 1. The quantitative estimate of drug-likeness (QED) is 0.569. The molecule has 6 nitrogen and oxygen atoms in total. The van der Waals surface area contributed by atoms with Crippen LogP contribution in [0.4, 0.5) is 4.79 Å². The zero-order valence-electron chi connectivity index (χ0n) is 19.7. The normalized spacial score (nSPS) is 14.9. The van der Waals surface area contributed by atoms with Crippen molar-refractivity contribution in [3.8, 4) is 0 Å². The number of carbonyl (C=O) groups is 2. The van der Waals surface area contributed by atoms with Gasteiger partial charge in [-0.15, -0.1) is 0 Å². The number of aromatic amines is 1. The molecular weight excluding hydrogens is 414 g/mol. The molecular formula is C27H33N3O3. The second-order valence-corrected chi connectivity index (χ2v) is 9.83. The number of H-pyrrole nitrogens is 1. The molecule has 0 unspecified atom stereocenters. The molecule has 33 heavy (non-hydrogen) atoms. The van der Waals surface area contributed by atoms with Gasteiger partial charge in [0.05, 0.1) is 6.42 Å². The number of alkyl carbamates (subject to hydrolysis) is 1. The molecule has 1 saturated heterocycles. The topological polar surface area (TPSA) is 74.4 Å². The Balaban J connectivity index is 1.28. The van der Waals surface area contributed by atoms with Gasteiger partial charge in [0, 0.05) is 31.3 Å². The fraction of sp³-hybridized carbons (Fsp3) is 0.407. The van der Waals surface area contributed by atoms with E-state index in [1.54, 1.807) is 0 Å². The Morgan fingerprint density at radius 2 is 1.85 bits per heavy atom. The molecule has 2 aromatic carbocycles. The first-order valence-corrected chi connectivity index (χ1v) is 11.7. The molecule has 0 saturated carbocycles. The third-order valence-electron chi connectivity index (χ3n) is 6.08. The van der Waals surface area contributed by atoms with Gasteiger partial charge in [0.15, 0.2) is 0 Å². The van der Waals surface area contributed by atoms with Crippen molar-refractivity contribution in [2.45, 2.75) is 58.1 Å². The van der Waals surface area contributed by atoms with Crippen LogP contribution in [0.2, 0.25) is 0 Å². The van der Waals surface area contributed by atoms with E-state index in [9.17, 15) is 9.59 Å². The molecule has 174 valence electrons. The minimum absolute atomic E-state index is 0.190. The summed E-state index contributed by atoms with van der Waals surface area (Å²) in [5, 5.41) is 3.99. The highest BCUT2D eigenvalue weighted by atomic mass is 16.6. The van der Waals surface area contributed by atoms with E-state index in [2.05, 4.69) is 34.6 Å². The van der Waals surface area contributed by atoms with Crippen molar-refractivity contribution in [2.24, 2.45) is 0 Å². The van der Waals surface area contributed by atoms with E-state index in [1.807, 2.05) is 56.1 Å². The Bertz CT molecular complexity index is 1120. The van der Waals surface area contributed by atoms with Gasteiger partial charge in [-0.2, -0.15) is 0 Å². The van der Waals surface area contributed by atoms with Crippen molar-refractivity contribution in [1.82, 2.24) is 15.2 Å². The van der Waals surface area contributed by atoms with E-state index in [0.717, 1.165) is 48.0 Å². The second-order valence-electron chi connectivity index (χ2n) is 9.83. The van der Waals surface area contributed by atoms with Gasteiger partial charge in [0.1, 0.15) is 5.60 Å². The number of ether oxygens (including phenoxy) is 1. The number of hydrogen-bond acceptors (Lipinski definition) is 3. The van der Waals surface area contributed by atoms with Crippen molar-refractivity contribution in [3.63, 3.8) is 0 Å². The number of likely N-dealkylation sites (tertiary alicyclic amines) is 1. The average molecular weight is 448 g/mol. The van der Waals surface area contributed by atoms with Crippen LogP contribution in [0, 0.1) is 0 Å². The smallest absolute Gasteiger partial charge is 0.407 e. The van der Waals surface area contributed by atoms with Crippen molar-refractivity contribution in [3.05, 3.63) is 71.4 Å². The largest absolute Gasteiger partial charge is 0.444 e. The van der Waals surface area contributed by atoms with Crippen LogP contribution in [0.25, 0.3) is 10.9 Å². The second kappa shape index (κ2) is 9.69. The summed E-state index contributed by atoms with van der Waals surface area (Å²) in [7, 11) is 0. The third kappa shape index (κ3) is 6.15. The number of benzene rings is 2. The molecule has 4 rings (SSSR count). The number of amides is 2. The Morgan fingerprint density at radius 3 is 2.61 bits per heavy atom. The Morgan fingerprint density at radius 1 is 1.06 bits per heavy atom. The van der Waals surface area contributed by atoms with Crippen molar-refractivity contribution < 1.29 is 14.3 Å². The van der Waals surface area contributed by atoms with Crippen molar-refractivity contribution in [1.29, 1.82) is 0 Å². The molecule has 2 N–H and O–H groups in total. The fourth-order valence-electron chi connectivity index (χ4n) is 4.40. The van der Waals surface area contributed by atoms with Gasteiger partial charge < -0.3 is 19.9 Å². The van der Waals surface area contributed by atoms with E-state index in [1.165, 1.54) is 5.56 Å². The number of fused-ring (bicyclic) bond motifs is 1. The van der Waals surface area contributed by atoms with Gasteiger partial charge in [-0.25, -0.2) is 4.79 Å². The molecule has 1 aromatic heterocycles. The van der Waals surface area contributed by atoms with Crippen LogP contribution in [0.5, 0.6) is 0 Å². The number of carbonyl (C=O) groups excluding carboxylic acids is 2. The van der Waals surface area contributed by atoms with Crippen molar-refractivity contribution >= 4 is 22.9 Å². The van der Waals surface area contributed by atoms with Gasteiger partial charge in [0.25, 0.3) is 0 Å². The summed E-state index contributed by atoms with van der Waals surface area (Å²) in [6.07, 6.45) is 3.85. The maximum Gasteiger partial charge on any atom is 0.407 e. The van der Waals surface area contributed by atoms with Crippen LogP contribution < -0.4 is 5.32 Å². The summed E-state index contributed by atoms with van der Waals surface area (Å²) in [5.74, 6) is 0.612. The molecule has 1 aliphatic rings. The molecule has 0 aliphatic carbocycles. The van der Waals surface area contributed by atoms with Crippen molar-refractivity contribution in [2.75, 3.05) is 13.1 Å². The lowest BCUT2D eigenvalue weighted by Gasteiger charge is -2.32. The highest BCUT2D eigenvalue weighted by Gasteiger charge is 2.24. The zero-order valence-corrected chi connectivity index (χ0v) is 19.7. The Hall–Kier alpha value is -3.28. The molecule has 0 spiro atoms. The van der Waals surface area contributed by atoms with E-state index in [0.29, 0.717) is 18.9 Å². The monoisotopic (exact) mass is 447 g/mol. The molecule has 1 fully saturated rings. The number of hydrogen-bond donors (Lipinski definition) is 2. The number of nitrogens with one attached hydrogen (secondary N) is 2. The lowest BCUT2D eigenvalue weighted by molar-refractivity contribution is -0.131. The first kappa shape index (κ1) is 22.9. The molecule has 0 atom stereocenters. The summed E-state index contributed by atoms with van der Waals surface area (Å²) >= 11 is 0. The zero-order chi connectivity index (χ0) is 23.4. The fourth-order valence-corrected chi connectivity index (χ4v) is 4.40. The average Bonchev–Trinajstić information content (AvgIpc) is 3.25. The predicted molar refractivity (Wildman–Crippen MR) is 130 cm³/mol. The highest BCUT2D eigenvalue weighted by molar-refractivity contribution is 5.83. The summed E-state index contributed by atoms with van der Waals surface area (Å²) < 4.78 is 5.31. The molecule has 3 aromatic rings. The number of rotatable bonds is 5.